The second kappa shape index (κ2) is 59.4. The molecule has 0 aromatic heterocycles. The quantitative estimate of drug-likeness (QED) is 0.0261. The van der Waals surface area contributed by atoms with E-state index in [0.717, 1.165) is 109 Å². The van der Waals surface area contributed by atoms with Crippen molar-refractivity contribution in [1.82, 2.24) is 0 Å². The van der Waals surface area contributed by atoms with Crippen LogP contribution < -0.4 is 0 Å². The summed E-state index contributed by atoms with van der Waals surface area (Å²) in [7, 11) is 0. The van der Waals surface area contributed by atoms with Gasteiger partial charge in [-0.15, -0.1) is 0 Å². The van der Waals surface area contributed by atoms with Gasteiger partial charge in [0.1, 0.15) is 13.2 Å². The molecule has 71 heavy (non-hydrogen) atoms. The Hall–Kier alpha value is -3.15. The zero-order valence-corrected chi connectivity index (χ0v) is 47.0. The van der Waals surface area contributed by atoms with Crippen molar-refractivity contribution in [2.24, 2.45) is 0 Å². The fourth-order valence-corrected chi connectivity index (χ4v) is 8.54. The number of carbonyl (C=O) groups is 3. The van der Waals surface area contributed by atoms with Gasteiger partial charge in [0.25, 0.3) is 0 Å². The topological polar surface area (TPSA) is 78.9 Å². The molecule has 1 atom stereocenters. The van der Waals surface area contributed by atoms with Gasteiger partial charge in [-0.3, -0.25) is 14.4 Å². The van der Waals surface area contributed by atoms with Crippen molar-refractivity contribution in [2.45, 2.75) is 309 Å². The second-order valence-electron chi connectivity index (χ2n) is 20.2. The van der Waals surface area contributed by atoms with E-state index >= 15 is 0 Å². The predicted octanol–water partition coefficient (Wildman–Crippen LogP) is 20.5. The van der Waals surface area contributed by atoms with Crippen LogP contribution in [0.25, 0.3) is 0 Å². The molecule has 0 fully saturated rings. The highest BCUT2D eigenvalue weighted by Crippen LogP contribution is 2.16. The van der Waals surface area contributed by atoms with Gasteiger partial charge < -0.3 is 14.2 Å². The maximum absolute atomic E-state index is 12.8. The molecule has 0 aliphatic heterocycles. The van der Waals surface area contributed by atoms with Crippen LogP contribution in [0.4, 0.5) is 0 Å². The van der Waals surface area contributed by atoms with Gasteiger partial charge in [-0.2, -0.15) is 0 Å². The number of esters is 3. The van der Waals surface area contributed by atoms with Crippen LogP contribution in [0.2, 0.25) is 0 Å². The Morgan fingerprint density at radius 3 is 0.873 bits per heavy atom. The Labute approximate surface area is 440 Å². The van der Waals surface area contributed by atoms with E-state index in [1.165, 1.54) is 154 Å². The molecular weight excluding hydrogens is 877 g/mol. The zero-order chi connectivity index (χ0) is 51.4. The third-order valence-corrected chi connectivity index (χ3v) is 13.1. The average molecular weight is 992 g/mol. The smallest absolute Gasteiger partial charge is 0.306 e. The number of ether oxygens (including phenoxy) is 3. The van der Waals surface area contributed by atoms with Crippen LogP contribution in [0, 0.1) is 0 Å². The summed E-state index contributed by atoms with van der Waals surface area (Å²) in [6.45, 7) is 6.55. The molecule has 0 aliphatic carbocycles. The third kappa shape index (κ3) is 57.6. The van der Waals surface area contributed by atoms with Crippen molar-refractivity contribution in [3.63, 3.8) is 0 Å². The van der Waals surface area contributed by atoms with Crippen molar-refractivity contribution >= 4 is 17.9 Å². The summed E-state index contributed by atoms with van der Waals surface area (Å²) in [5.74, 6) is -0.902. The fourth-order valence-electron chi connectivity index (χ4n) is 8.54. The van der Waals surface area contributed by atoms with E-state index in [9.17, 15) is 14.4 Å². The molecule has 0 amide bonds. The van der Waals surface area contributed by atoms with Gasteiger partial charge >= 0.3 is 17.9 Å². The number of rotatable bonds is 55. The van der Waals surface area contributed by atoms with Crippen LogP contribution >= 0.6 is 0 Å². The molecule has 0 bridgehead atoms. The highest BCUT2D eigenvalue weighted by atomic mass is 16.6. The molecule has 6 nitrogen and oxygen atoms in total. The van der Waals surface area contributed by atoms with Crippen molar-refractivity contribution in [3.8, 4) is 0 Å². The highest BCUT2D eigenvalue weighted by molar-refractivity contribution is 5.71. The van der Waals surface area contributed by atoms with Crippen LogP contribution in [0.15, 0.2) is 72.9 Å². The van der Waals surface area contributed by atoms with Gasteiger partial charge in [0.2, 0.25) is 0 Å². The molecule has 0 aromatic carbocycles. The molecule has 0 radical (unpaired) electrons. The maximum atomic E-state index is 12.8. The first-order chi connectivity index (χ1) is 35.0. The van der Waals surface area contributed by atoms with E-state index in [4.69, 9.17) is 14.2 Å². The lowest BCUT2D eigenvalue weighted by atomic mass is 10.0. The Morgan fingerprint density at radius 1 is 0.282 bits per heavy atom. The summed E-state index contributed by atoms with van der Waals surface area (Å²) in [5.41, 5.74) is 0. The van der Waals surface area contributed by atoms with Crippen molar-refractivity contribution in [1.29, 1.82) is 0 Å². The summed E-state index contributed by atoms with van der Waals surface area (Å²) in [5, 5.41) is 0. The molecule has 0 N–H and O–H groups in total. The number of carbonyl (C=O) groups excluding carboxylic acids is 3. The molecule has 6 heteroatoms. The summed E-state index contributed by atoms with van der Waals surface area (Å²) in [4.78, 5) is 38.1. The van der Waals surface area contributed by atoms with E-state index in [0.29, 0.717) is 19.3 Å². The van der Waals surface area contributed by atoms with E-state index in [-0.39, 0.29) is 31.1 Å². The molecular formula is C65H114O6. The minimum absolute atomic E-state index is 0.0838. The second-order valence-corrected chi connectivity index (χ2v) is 20.2. The first-order valence-corrected chi connectivity index (χ1v) is 30.4. The SMILES string of the molecule is CCC/C=C\CCCCCCCC(=O)OCC(COC(=O)CCCCCCCCCCCCCC/C=C\C/C=C\C/C=C\CCCCCCC)OC(=O)CCCCCCC/C=C\C/C=C\CCCCCC. The van der Waals surface area contributed by atoms with Crippen LogP contribution in [-0.4, -0.2) is 37.2 Å². The molecule has 1 unspecified atom stereocenters. The molecule has 0 saturated heterocycles. The fraction of sp³-hybridized carbons (Fsp3) is 0.769. The minimum Gasteiger partial charge on any atom is -0.462 e. The summed E-state index contributed by atoms with van der Waals surface area (Å²) < 4.78 is 16.8. The Kier molecular flexibility index (Phi) is 56.8. The monoisotopic (exact) mass is 991 g/mol. The van der Waals surface area contributed by atoms with Gasteiger partial charge in [0.05, 0.1) is 0 Å². The van der Waals surface area contributed by atoms with Crippen LogP contribution in [0.3, 0.4) is 0 Å². The Balaban J connectivity index is 4.22. The first kappa shape index (κ1) is 67.8. The van der Waals surface area contributed by atoms with E-state index in [2.05, 4.69) is 93.7 Å². The lowest BCUT2D eigenvalue weighted by Gasteiger charge is -2.18. The van der Waals surface area contributed by atoms with Gasteiger partial charge in [-0.1, -0.05) is 248 Å². The molecule has 0 saturated carbocycles. The van der Waals surface area contributed by atoms with Crippen molar-refractivity contribution in [3.05, 3.63) is 72.9 Å². The average Bonchev–Trinajstić information content (AvgIpc) is 3.37. The van der Waals surface area contributed by atoms with Gasteiger partial charge in [-0.25, -0.2) is 0 Å². The Morgan fingerprint density at radius 2 is 0.535 bits per heavy atom. The van der Waals surface area contributed by atoms with Crippen molar-refractivity contribution in [2.75, 3.05) is 13.2 Å². The lowest BCUT2D eigenvalue weighted by Crippen LogP contribution is -2.30. The van der Waals surface area contributed by atoms with Gasteiger partial charge in [-0.05, 0) is 109 Å². The van der Waals surface area contributed by atoms with Crippen LogP contribution in [-0.2, 0) is 28.6 Å². The van der Waals surface area contributed by atoms with E-state index in [1.807, 2.05) is 0 Å². The van der Waals surface area contributed by atoms with E-state index in [1.54, 1.807) is 0 Å². The van der Waals surface area contributed by atoms with E-state index < -0.39 is 6.10 Å². The lowest BCUT2D eigenvalue weighted by molar-refractivity contribution is -0.167. The third-order valence-electron chi connectivity index (χ3n) is 13.1. The van der Waals surface area contributed by atoms with Crippen molar-refractivity contribution < 1.29 is 28.6 Å². The van der Waals surface area contributed by atoms with Crippen LogP contribution in [0.5, 0.6) is 0 Å². The van der Waals surface area contributed by atoms with Gasteiger partial charge in [0, 0.05) is 19.3 Å². The molecule has 410 valence electrons. The summed E-state index contributed by atoms with van der Waals surface area (Å²) in [6.07, 6.45) is 76.2. The number of hydrogen-bond acceptors (Lipinski definition) is 6. The summed E-state index contributed by atoms with van der Waals surface area (Å²) in [6, 6.07) is 0. The normalized spacial score (nSPS) is 12.5. The molecule has 0 spiro atoms. The summed E-state index contributed by atoms with van der Waals surface area (Å²) >= 11 is 0. The Bertz CT molecular complexity index is 1320. The molecule has 0 aliphatic rings. The first-order valence-electron chi connectivity index (χ1n) is 30.4. The molecule has 0 aromatic rings. The zero-order valence-electron chi connectivity index (χ0n) is 47.0. The molecule has 0 rings (SSSR count). The number of hydrogen-bond donors (Lipinski definition) is 0. The predicted molar refractivity (Wildman–Crippen MR) is 307 cm³/mol. The molecule has 0 heterocycles. The minimum atomic E-state index is -0.786. The largest absolute Gasteiger partial charge is 0.462 e. The van der Waals surface area contributed by atoms with Gasteiger partial charge in [0.15, 0.2) is 6.10 Å². The number of allylic oxidation sites excluding steroid dienone is 12. The standard InChI is InChI=1S/C65H114O6/c1-4-7-10-13-16-19-22-24-26-28-29-30-31-32-33-34-35-36-37-38-40-41-43-46-49-52-55-58-64(67)70-61-62(60-69-63(66)57-54-51-48-45-21-18-15-12-9-6-3)71-65(68)59-56-53-50-47-44-42-39-27-25-23-20-17-14-11-8-5-2/h12,15,20,22-24,27-29,31-32,39,62H,4-11,13-14,16-19,21,25-26,30,33-38,40-61H2,1-3H3/b15-12-,23-20-,24-22-,29-28-,32-31-,39-27-. The number of unbranched alkanes of at least 4 members (excludes halogenated alkanes) is 32. The van der Waals surface area contributed by atoms with Crippen LogP contribution in [0.1, 0.15) is 303 Å². The maximum Gasteiger partial charge on any atom is 0.306 e. The highest BCUT2D eigenvalue weighted by Gasteiger charge is 2.19.